The summed E-state index contributed by atoms with van der Waals surface area (Å²) < 4.78 is 0. The van der Waals surface area contributed by atoms with Gasteiger partial charge in [-0.2, -0.15) is 10.1 Å². The number of carboxylic acids is 1. The summed E-state index contributed by atoms with van der Waals surface area (Å²) >= 11 is 0. The third-order valence-electron chi connectivity index (χ3n) is 1.54. The topological polar surface area (TPSA) is 90.2 Å². The summed E-state index contributed by atoms with van der Waals surface area (Å²) in [6.07, 6.45) is -1.17. The number of carbonyl (C=O) groups is 2. The molecule has 0 aromatic carbocycles. The van der Waals surface area contributed by atoms with E-state index in [9.17, 15) is 9.59 Å². The number of nitrogens with zero attached hydrogens (tertiary/aromatic N) is 2. The van der Waals surface area contributed by atoms with E-state index in [1.807, 2.05) is 0 Å². The van der Waals surface area contributed by atoms with Gasteiger partial charge in [0.2, 0.25) is 0 Å². The zero-order chi connectivity index (χ0) is 9.30. The maximum absolute atomic E-state index is 10.5. The average Bonchev–Trinajstić information content (AvgIpc) is 2.31. The van der Waals surface area contributed by atoms with E-state index in [0.29, 0.717) is 10.7 Å². The number of hydrogen-bond donors (Lipinski definition) is 2. The van der Waals surface area contributed by atoms with Crippen LogP contribution in [0.5, 0.6) is 0 Å². The number of hydrazone groups is 1. The van der Waals surface area contributed by atoms with Crippen molar-refractivity contribution >= 4 is 17.8 Å². The highest BCUT2D eigenvalue weighted by Gasteiger charge is 2.34. The number of aliphatic carboxylic acids is 1. The van der Waals surface area contributed by atoms with Crippen LogP contribution in [0.4, 0.5) is 4.79 Å². The van der Waals surface area contributed by atoms with Gasteiger partial charge in [-0.3, -0.25) is 0 Å². The van der Waals surface area contributed by atoms with E-state index in [0.717, 1.165) is 0 Å². The number of hydrogen-bond acceptors (Lipinski definition) is 3. The smallest absolute Gasteiger partial charge is 0.428 e. The van der Waals surface area contributed by atoms with E-state index in [2.05, 4.69) is 5.10 Å². The molecular formula is C6H8N2O4. The van der Waals surface area contributed by atoms with E-state index in [-0.39, 0.29) is 6.42 Å². The van der Waals surface area contributed by atoms with Crippen LogP contribution in [-0.2, 0) is 4.79 Å². The Morgan fingerprint density at radius 2 is 2.17 bits per heavy atom. The van der Waals surface area contributed by atoms with Gasteiger partial charge in [-0.1, -0.05) is 0 Å². The number of rotatable bonds is 1. The lowest BCUT2D eigenvalue weighted by Gasteiger charge is -2.13. The van der Waals surface area contributed by atoms with Crippen LogP contribution in [0.2, 0.25) is 0 Å². The minimum absolute atomic E-state index is 0.168. The molecule has 1 amide bonds. The zero-order valence-corrected chi connectivity index (χ0v) is 6.39. The van der Waals surface area contributed by atoms with Crippen molar-refractivity contribution in [3.8, 4) is 0 Å². The van der Waals surface area contributed by atoms with Crippen LogP contribution in [0.3, 0.4) is 0 Å². The van der Waals surface area contributed by atoms with Gasteiger partial charge in [0.1, 0.15) is 0 Å². The minimum Gasteiger partial charge on any atom is -0.480 e. The molecule has 0 saturated carbocycles. The first-order chi connectivity index (χ1) is 5.52. The molecule has 0 aromatic heterocycles. The molecule has 0 aromatic rings. The van der Waals surface area contributed by atoms with Crippen molar-refractivity contribution in [3.63, 3.8) is 0 Å². The highest BCUT2D eigenvalue weighted by atomic mass is 16.4. The zero-order valence-electron chi connectivity index (χ0n) is 6.39. The molecular weight excluding hydrogens is 164 g/mol. The van der Waals surface area contributed by atoms with E-state index in [1.54, 1.807) is 6.92 Å². The summed E-state index contributed by atoms with van der Waals surface area (Å²) in [6, 6.07) is -1.05. The molecule has 1 aliphatic rings. The van der Waals surface area contributed by atoms with E-state index in [1.165, 1.54) is 0 Å². The molecule has 66 valence electrons. The predicted molar refractivity (Wildman–Crippen MR) is 39.0 cm³/mol. The molecule has 6 nitrogen and oxygen atoms in total. The Labute approximate surface area is 68.1 Å². The fraction of sp³-hybridized carbons (Fsp3) is 0.500. The van der Waals surface area contributed by atoms with Crippen molar-refractivity contribution in [1.82, 2.24) is 5.01 Å². The van der Waals surface area contributed by atoms with Crippen LogP contribution in [0.15, 0.2) is 5.10 Å². The van der Waals surface area contributed by atoms with Gasteiger partial charge in [0.25, 0.3) is 0 Å². The molecule has 1 rings (SSSR count). The molecule has 1 atom stereocenters. The average molecular weight is 172 g/mol. The lowest BCUT2D eigenvalue weighted by Crippen LogP contribution is -2.37. The minimum atomic E-state index is -1.33. The monoisotopic (exact) mass is 172 g/mol. The standard InChI is InChI=1S/C6H8N2O4/c1-3-2-4(5(9)10)8(7-3)6(11)12/h4H,2H2,1H3,(H,9,10)(H,11,12). The Bertz CT molecular complexity index is 260. The second-order valence-corrected chi connectivity index (χ2v) is 2.52. The predicted octanol–water partition coefficient (Wildman–Crippen LogP) is 0.199. The second kappa shape index (κ2) is 2.80. The maximum Gasteiger partial charge on any atom is 0.428 e. The van der Waals surface area contributed by atoms with Crippen LogP contribution >= 0.6 is 0 Å². The molecule has 0 radical (unpaired) electrons. The first-order valence-electron chi connectivity index (χ1n) is 3.31. The molecule has 0 spiro atoms. The van der Waals surface area contributed by atoms with Crippen molar-refractivity contribution in [2.75, 3.05) is 0 Å². The summed E-state index contributed by atoms with van der Waals surface area (Å²) in [4.78, 5) is 20.9. The van der Waals surface area contributed by atoms with E-state index < -0.39 is 18.1 Å². The van der Waals surface area contributed by atoms with Crippen LogP contribution in [0.1, 0.15) is 13.3 Å². The molecule has 1 heterocycles. The Morgan fingerprint density at radius 1 is 1.58 bits per heavy atom. The fourth-order valence-corrected chi connectivity index (χ4v) is 1.03. The van der Waals surface area contributed by atoms with Gasteiger partial charge in [0.15, 0.2) is 6.04 Å². The third kappa shape index (κ3) is 1.36. The van der Waals surface area contributed by atoms with Gasteiger partial charge < -0.3 is 10.2 Å². The largest absolute Gasteiger partial charge is 0.480 e. The van der Waals surface area contributed by atoms with Crippen molar-refractivity contribution in [2.24, 2.45) is 5.10 Å². The Morgan fingerprint density at radius 3 is 2.50 bits per heavy atom. The third-order valence-corrected chi connectivity index (χ3v) is 1.54. The highest BCUT2D eigenvalue weighted by Crippen LogP contribution is 2.15. The SMILES string of the molecule is CC1=NN(C(=O)O)C(C(=O)O)C1. The molecule has 2 N–H and O–H groups in total. The molecule has 1 unspecified atom stereocenters. The van der Waals surface area contributed by atoms with Crippen molar-refractivity contribution in [1.29, 1.82) is 0 Å². The summed E-state index contributed by atoms with van der Waals surface area (Å²) in [5.41, 5.74) is 0.518. The maximum atomic E-state index is 10.5. The highest BCUT2D eigenvalue weighted by molar-refractivity contribution is 5.93. The molecule has 6 heteroatoms. The number of amides is 1. The Hall–Kier alpha value is -1.59. The van der Waals surface area contributed by atoms with Crippen LogP contribution in [-0.4, -0.2) is 39.0 Å². The Balaban J connectivity index is 2.81. The van der Waals surface area contributed by atoms with Gasteiger partial charge in [0, 0.05) is 12.1 Å². The summed E-state index contributed by atoms with van der Waals surface area (Å²) in [7, 11) is 0. The second-order valence-electron chi connectivity index (χ2n) is 2.52. The molecule has 0 bridgehead atoms. The number of carboxylic acid groups (broad SMARTS) is 2. The van der Waals surface area contributed by atoms with Gasteiger partial charge in [-0.25, -0.2) is 9.59 Å². The summed E-state index contributed by atoms with van der Waals surface area (Å²) in [5.74, 6) is -1.17. The summed E-state index contributed by atoms with van der Waals surface area (Å²) in [6.45, 7) is 1.60. The van der Waals surface area contributed by atoms with Gasteiger partial charge in [0.05, 0.1) is 0 Å². The van der Waals surface area contributed by atoms with Crippen LogP contribution < -0.4 is 0 Å². The molecule has 12 heavy (non-hydrogen) atoms. The van der Waals surface area contributed by atoms with E-state index in [4.69, 9.17) is 10.2 Å². The molecule has 0 aliphatic carbocycles. The first-order valence-corrected chi connectivity index (χ1v) is 3.31. The van der Waals surface area contributed by atoms with E-state index >= 15 is 0 Å². The quantitative estimate of drug-likeness (QED) is 0.591. The van der Waals surface area contributed by atoms with Crippen molar-refractivity contribution < 1.29 is 19.8 Å². The van der Waals surface area contributed by atoms with Gasteiger partial charge >= 0.3 is 12.1 Å². The van der Waals surface area contributed by atoms with Crippen LogP contribution in [0, 0.1) is 0 Å². The lowest BCUT2D eigenvalue weighted by molar-refractivity contribution is -0.141. The lowest BCUT2D eigenvalue weighted by atomic mass is 10.2. The molecule has 0 fully saturated rings. The molecule has 1 aliphatic heterocycles. The summed E-state index contributed by atoms with van der Waals surface area (Å²) in [5, 5.41) is 21.2. The normalized spacial score (nSPS) is 22.2. The Kier molecular flexibility index (Phi) is 1.99. The first kappa shape index (κ1) is 8.51. The van der Waals surface area contributed by atoms with Gasteiger partial charge in [-0.05, 0) is 6.92 Å². The van der Waals surface area contributed by atoms with Gasteiger partial charge in [-0.15, -0.1) is 0 Å². The van der Waals surface area contributed by atoms with Crippen molar-refractivity contribution in [2.45, 2.75) is 19.4 Å². The van der Waals surface area contributed by atoms with Crippen molar-refractivity contribution in [3.05, 3.63) is 0 Å². The molecule has 0 saturated heterocycles. The van der Waals surface area contributed by atoms with Crippen LogP contribution in [0.25, 0.3) is 0 Å². The fourth-order valence-electron chi connectivity index (χ4n) is 1.03.